The van der Waals surface area contributed by atoms with E-state index >= 15 is 0 Å². The van der Waals surface area contributed by atoms with Gasteiger partial charge in [0.25, 0.3) is 0 Å². The molecule has 8 heteroatoms. The summed E-state index contributed by atoms with van der Waals surface area (Å²) in [4.78, 5) is 12.3. The van der Waals surface area contributed by atoms with Crippen molar-refractivity contribution < 1.29 is 22.7 Å². The summed E-state index contributed by atoms with van der Waals surface area (Å²) < 4.78 is 35.2. The number of carbonyl (C=O) groups excluding carboxylic acids is 1. The predicted octanol–water partition coefficient (Wildman–Crippen LogP) is 1.25. The third-order valence-electron chi connectivity index (χ3n) is 4.24. The van der Waals surface area contributed by atoms with Gasteiger partial charge in [-0.25, -0.2) is 12.7 Å². The van der Waals surface area contributed by atoms with E-state index in [0.717, 1.165) is 5.75 Å². The third kappa shape index (κ3) is 5.89. The van der Waals surface area contributed by atoms with Gasteiger partial charge in [-0.2, -0.15) is 0 Å². The molecule has 0 radical (unpaired) electrons. The van der Waals surface area contributed by atoms with Crippen LogP contribution in [0.3, 0.4) is 0 Å². The van der Waals surface area contributed by atoms with Crippen LogP contribution in [0.25, 0.3) is 0 Å². The first-order valence-electron chi connectivity index (χ1n) is 8.32. The van der Waals surface area contributed by atoms with Crippen LogP contribution in [0.15, 0.2) is 24.3 Å². The van der Waals surface area contributed by atoms with Gasteiger partial charge in [-0.05, 0) is 44.0 Å². The fourth-order valence-corrected chi connectivity index (χ4v) is 3.62. The lowest BCUT2D eigenvalue weighted by molar-refractivity contribution is -0.126. The largest absolute Gasteiger partial charge is 0.497 e. The van der Waals surface area contributed by atoms with Gasteiger partial charge in [-0.15, -0.1) is 0 Å². The molecule has 7 nitrogen and oxygen atoms in total. The van der Waals surface area contributed by atoms with Crippen molar-refractivity contribution in [1.29, 1.82) is 0 Å². The normalized spacial score (nSPS) is 17.7. The van der Waals surface area contributed by atoms with Crippen molar-refractivity contribution in [2.45, 2.75) is 25.8 Å². The highest BCUT2D eigenvalue weighted by Gasteiger charge is 2.29. The van der Waals surface area contributed by atoms with E-state index in [9.17, 15) is 13.2 Å². The Labute approximate surface area is 149 Å². The molecule has 1 aromatic rings. The maximum Gasteiger partial charge on any atom is 0.223 e. The van der Waals surface area contributed by atoms with E-state index in [1.165, 1.54) is 10.6 Å². The van der Waals surface area contributed by atoms with Crippen molar-refractivity contribution in [2.24, 2.45) is 5.92 Å². The van der Waals surface area contributed by atoms with Crippen LogP contribution in [0, 0.1) is 5.92 Å². The van der Waals surface area contributed by atoms with Crippen LogP contribution in [-0.4, -0.2) is 57.7 Å². The number of benzene rings is 1. The Hall–Kier alpha value is -1.80. The Bertz CT molecular complexity index is 667. The first-order chi connectivity index (χ1) is 11.8. The zero-order valence-corrected chi connectivity index (χ0v) is 15.7. The molecule has 1 fully saturated rings. The van der Waals surface area contributed by atoms with Crippen molar-refractivity contribution in [2.75, 3.05) is 33.1 Å². The van der Waals surface area contributed by atoms with Gasteiger partial charge in [0.2, 0.25) is 15.9 Å². The van der Waals surface area contributed by atoms with Crippen LogP contribution in [0.2, 0.25) is 0 Å². The van der Waals surface area contributed by atoms with E-state index in [1.54, 1.807) is 7.11 Å². The molecule has 25 heavy (non-hydrogen) atoms. The molecule has 0 spiro atoms. The number of methoxy groups -OCH3 is 1. The Morgan fingerprint density at radius 3 is 2.32 bits per heavy atom. The molecule has 0 aliphatic carbocycles. The molecule has 0 saturated carbocycles. The van der Waals surface area contributed by atoms with Gasteiger partial charge >= 0.3 is 0 Å². The first-order valence-corrected chi connectivity index (χ1v) is 10.2. The summed E-state index contributed by atoms with van der Waals surface area (Å²) in [5.74, 6) is 1.28. The minimum atomic E-state index is -3.17. The highest BCUT2D eigenvalue weighted by atomic mass is 32.2. The lowest BCUT2D eigenvalue weighted by Gasteiger charge is -2.30. The molecule has 1 heterocycles. The molecular weight excluding hydrogens is 344 g/mol. The quantitative estimate of drug-likeness (QED) is 0.781. The summed E-state index contributed by atoms with van der Waals surface area (Å²) in [7, 11) is -1.56. The molecule has 1 N–H and O–H groups in total. The smallest absolute Gasteiger partial charge is 0.223 e. The summed E-state index contributed by atoms with van der Waals surface area (Å²) >= 11 is 0. The van der Waals surface area contributed by atoms with Crippen LogP contribution in [0.4, 0.5) is 0 Å². The summed E-state index contributed by atoms with van der Waals surface area (Å²) in [6.07, 6.45) is 2.29. The highest BCUT2D eigenvalue weighted by molar-refractivity contribution is 7.88. The lowest BCUT2D eigenvalue weighted by atomic mass is 9.97. The fraction of sp³-hybridized carbons (Fsp3) is 0.588. The summed E-state index contributed by atoms with van der Waals surface area (Å²) in [5.41, 5.74) is 0. The summed E-state index contributed by atoms with van der Waals surface area (Å²) in [6.45, 7) is 3.04. The second kappa shape index (κ2) is 8.53. The average molecular weight is 370 g/mol. The van der Waals surface area contributed by atoms with Crippen molar-refractivity contribution in [3.8, 4) is 11.5 Å². The van der Waals surface area contributed by atoms with Crippen LogP contribution >= 0.6 is 0 Å². The number of hydrogen-bond acceptors (Lipinski definition) is 5. The number of rotatable bonds is 7. The number of carbonyl (C=O) groups is 1. The molecular formula is C17H26N2O5S. The predicted molar refractivity (Wildman–Crippen MR) is 95.2 cm³/mol. The molecule has 0 unspecified atom stereocenters. The molecule has 1 aliphatic heterocycles. The van der Waals surface area contributed by atoms with Crippen LogP contribution in [0.1, 0.15) is 19.8 Å². The molecule has 2 rings (SSSR count). The van der Waals surface area contributed by atoms with E-state index in [4.69, 9.17) is 9.47 Å². The van der Waals surface area contributed by atoms with Gasteiger partial charge in [0.15, 0.2) is 0 Å². The van der Waals surface area contributed by atoms with Crippen LogP contribution in [0.5, 0.6) is 11.5 Å². The van der Waals surface area contributed by atoms with E-state index in [0.29, 0.717) is 38.3 Å². The monoisotopic (exact) mass is 370 g/mol. The minimum absolute atomic E-state index is 0.0426. The van der Waals surface area contributed by atoms with E-state index in [1.807, 2.05) is 31.2 Å². The van der Waals surface area contributed by atoms with Crippen molar-refractivity contribution in [1.82, 2.24) is 9.62 Å². The molecule has 0 aromatic heterocycles. The van der Waals surface area contributed by atoms with E-state index in [-0.39, 0.29) is 17.9 Å². The number of nitrogens with zero attached hydrogens (tertiary/aromatic N) is 1. The maximum absolute atomic E-state index is 12.3. The molecule has 1 atom stereocenters. The highest BCUT2D eigenvalue weighted by Crippen LogP contribution is 2.20. The van der Waals surface area contributed by atoms with E-state index in [2.05, 4.69) is 5.32 Å². The number of sulfonamides is 1. The first kappa shape index (κ1) is 19.5. The van der Waals surface area contributed by atoms with Gasteiger partial charge in [0, 0.05) is 19.0 Å². The molecule has 1 saturated heterocycles. The van der Waals surface area contributed by atoms with Crippen molar-refractivity contribution >= 4 is 15.9 Å². The van der Waals surface area contributed by atoms with Gasteiger partial charge < -0.3 is 14.8 Å². The van der Waals surface area contributed by atoms with Gasteiger partial charge in [-0.1, -0.05) is 0 Å². The zero-order valence-electron chi connectivity index (χ0n) is 14.9. The molecule has 1 aliphatic rings. The Balaban J connectivity index is 1.74. The Morgan fingerprint density at radius 1 is 1.24 bits per heavy atom. The van der Waals surface area contributed by atoms with Crippen molar-refractivity contribution in [3.05, 3.63) is 24.3 Å². The van der Waals surface area contributed by atoms with Gasteiger partial charge in [0.05, 0.1) is 19.4 Å². The molecule has 1 aromatic carbocycles. The second-order valence-corrected chi connectivity index (χ2v) is 8.31. The number of hydrogen-bond donors (Lipinski definition) is 1. The third-order valence-corrected chi connectivity index (χ3v) is 5.55. The number of piperidine rings is 1. The Kier molecular flexibility index (Phi) is 6.66. The van der Waals surface area contributed by atoms with Gasteiger partial charge in [-0.3, -0.25) is 4.79 Å². The maximum atomic E-state index is 12.3. The topological polar surface area (TPSA) is 84.9 Å². The molecule has 0 bridgehead atoms. The SMILES string of the molecule is COc1ccc(OC[C@@H](C)NC(=O)C2CCN(S(C)(=O)=O)CC2)cc1. The summed E-state index contributed by atoms with van der Waals surface area (Å²) in [5, 5.41) is 2.94. The van der Waals surface area contributed by atoms with E-state index < -0.39 is 10.0 Å². The lowest BCUT2D eigenvalue weighted by Crippen LogP contribution is -2.45. The number of nitrogens with one attached hydrogen (secondary N) is 1. The number of ether oxygens (including phenoxy) is 2. The standard InChI is InChI=1S/C17H26N2O5S/c1-13(12-24-16-6-4-15(23-2)5-7-16)18-17(20)14-8-10-19(11-9-14)25(3,21)22/h4-7,13-14H,8-12H2,1-3H3,(H,18,20)/t13-/m1/s1. The van der Waals surface area contributed by atoms with Crippen LogP contribution < -0.4 is 14.8 Å². The second-order valence-electron chi connectivity index (χ2n) is 6.33. The number of amides is 1. The minimum Gasteiger partial charge on any atom is -0.497 e. The zero-order chi connectivity index (χ0) is 18.4. The fourth-order valence-electron chi connectivity index (χ4n) is 2.75. The average Bonchev–Trinajstić information content (AvgIpc) is 2.59. The van der Waals surface area contributed by atoms with Crippen molar-refractivity contribution in [3.63, 3.8) is 0 Å². The van der Waals surface area contributed by atoms with Gasteiger partial charge in [0.1, 0.15) is 18.1 Å². The molecule has 1 amide bonds. The summed E-state index contributed by atoms with van der Waals surface area (Å²) in [6, 6.07) is 7.12. The van der Waals surface area contributed by atoms with Crippen LogP contribution in [-0.2, 0) is 14.8 Å². The Morgan fingerprint density at radius 2 is 1.80 bits per heavy atom. The molecule has 140 valence electrons.